The lowest BCUT2D eigenvalue weighted by Crippen LogP contribution is -2.59. The van der Waals surface area contributed by atoms with Gasteiger partial charge in [-0.2, -0.15) is 0 Å². The van der Waals surface area contributed by atoms with E-state index in [1.54, 1.807) is 7.11 Å². The summed E-state index contributed by atoms with van der Waals surface area (Å²) in [6, 6.07) is 0. The second kappa shape index (κ2) is 5.56. The Morgan fingerprint density at radius 1 is 1.27 bits per heavy atom. The highest BCUT2D eigenvalue weighted by Crippen LogP contribution is 2.67. The summed E-state index contributed by atoms with van der Waals surface area (Å²) in [5.41, 5.74) is 3.52. The molecule has 4 aliphatic rings. The van der Waals surface area contributed by atoms with Gasteiger partial charge in [-0.25, -0.2) is 4.79 Å². The summed E-state index contributed by atoms with van der Waals surface area (Å²) in [6.45, 7) is 9.17. The molecule has 1 saturated heterocycles. The third-order valence-electron chi connectivity index (χ3n) is 7.44. The molecule has 4 rings (SSSR count). The number of hydrogen-bond donors (Lipinski definition) is 0. The molecule has 142 valence electrons. The van der Waals surface area contributed by atoms with Crippen LogP contribution in [0.4, 0.5) is 0 Å². The normalized spacial score (nSPS) is 43.4. The molecule has 0 aromatic carbocycles. The predicted octanol–water partition coefficient (Wildman–Crippen LogP) is 4.18. The maximum atomic E-state index is 12.3. The highest BCUT2D eigenvalue weighted by atomic mass is 16.7. The summed E-state index contributed by atoms with van der Waals surface area (Å²) in [4.78, 5) is 12.3. The van der Waals surface area contributed by atoms with Gasteiger partial charge in [-0.3, -0.25) is 0 Å². The number of methoxy groups -OCH3 is 2. The van der Waals surface area contributed by atoms with Crippen LogP contribution in [0, 0.1) is 22.7 Å². The number of esters is 1. The summed E-state index contributed by atoms with van der Waals surface area (Å²) in [5.74, 6) is -0.354. The Kier molecular flexibility index (Phi) is 3.85. The second-order valence-electron chi connectivity index (χ2n) is 9.05. The zero-order valence-electron chi connectivity index (χ0n) is 16.7. The Bertz CT molecular complexity index is 745. The van der Waals surface area contributed by atoms with E-state index in [2.05, 4.69) is 39.8 Å². The van der Waals surface area contributed by atoms with Gasteiger partial charge in [0.15, 0.2) is 5.79 Å². The molecule has 1 saturated carbocycles. The van der Waals surface area contributed by atoms with E-state index < -0.39 is 5.79 Å². The van der Waals surface area contributed by atoms with Crippen molar-refractivity contribution >= 4 is 5.97 Å². The van der Waals surface area contributed by atoms with Crippen LogP contribution in [0.5, 0.6) is 0 Å². The van der Waals surface area contributed by atoms with Gasteiger partial charge in [0.2, 0.25) is 0 Å². The van der Waals surface area contributed by atoms with Crippen LogP contribution in [0.3, 0.4) is 0 Å². The molecule has 5 atom stereocenters. The third kappa shape index (κ3) is 2.06. The van der Waals surface area contributed by atoms with Gasteiger partial charge < -0.3 is 14.2 Å². The lowest BCUT2D eigenvalue weighted by molar-refractivity contribution is -0.299. The first-order valence-electron chi connectivity index (χ1n) is 9.69. The lowest BCUT2D eigenvalue weighted by atomic mass is 9.52. The molecule has 0 radical (unpaired) electrons. The Hall–Kier alpha value is -1.39. The number of carbonyl (C=O) groups is 1. The SMILES string of the molecule is COC(=O)C1=C[C@@]2(OC)O[C@@H]1C[C@@H]1C3=C(C(C)C)C=C[C@]3(C)CC[C@]12C. The van der Waals surface area contributed by atoms with Gasteiger partial charge in [-0.15, -0.1) is 0 Å². The van der Waals surface area contributed by atoms with Crippen molar-refractivity contribution in [2.24, 2.45) is 22.7 Å². The number of ether oxygens (including phenoxy) is 3. The Labute approximate surface area is 156 Å². The van der Waals surface area contributed by atoms with Crippen LogP contribution in [-0.2, 0) is 19.0 Å². The van der Waals surface area contributed by atoms with Crippen molar-refractivity contribution in [3.8, 4) is 0 Å². The van der Waals surface area contributed by atoms with E-state index in [1.807, 2.05) is 6.08 Å². The van der Waals surface area contributed by atoms with Crippen molar-refractivity contribution in [2.45, 2.75) is 58.8 Å². The van der Waals surface area contributed by atoms with E-state index in [4.69, 9.17) is 14.2 Å². The van der Waals surface area contributed by atoms with Gasteiger partial charge in [0.1, 0.15) is 0 Å². The minimum atomic E-state index is -0.858. The average Bonchev–Trinajstić information content (AvgIpc) is 3.14. The first-order valence-corrected chi connectivity index (χ1v) is 9.69. The molecule has 4 nitrogen and oxygen atoms in total. The summed E-state index contributed by atoms with van der Waals surface area (Å²) < 4.78 is 17.4. The van der Waals surface area contributed by atoms with Crippen LogP contribution in [-0.4, -0.2) is 32.1 Å². The zero-order valence-corrected chi connectivity index (χ0v) is 16.7. The van der Waals surface area contributed by atoms with E-state index in [9.17, 15) is 4.79 Å². The van der Waals surface area contributed by atoms with Crippen molar-refractivity contribution < 1.29 is 19.0 Å². The van der Waals surface area contributed by atoms with E-state index in [0.717, 1.165) is 19.3 Å². The van der Waals surface area contributed by atoms with Crippen LogP contribution >= 0.6 is 0 Å². The first kappa shape index (κ1) is 18.0. The summed E-state index contributed by atoms with van der Waals surface area (Å²) in [7, 11) is 3.12. The topological polar surface area (TPSA) is 44.8 Å². The van der Waals surface area contributed by atoms with Gasteiger partial charge in [-0.05, 0) is 42.7 Å². The molecule has 2 aliphatic carbocycles. The molecule has 2 bridgehead atoms. The van der Waals surface area contributed by atoms with E-state index in [-0.39, 0.29) is 22.9 Å². The Morgan fingerprint density at radius 2 is 2.00 bits per heavy atom. The van der Waals surface area contributed by atoms with Crippen LogP contribution in [0.2, 0.25) is 0 Å². The standard InChI is InChI=1S/C22H30O4/c1-13(2)14-7-8-20(3)9-10-21(4)16(18(14)20)11-17-15(19(23)24-5)12-22(21,25-6)26-17/h7-8,12-13,16-17H,9-11H2,1-6H3/t16-,17-,20-,21-,22-/m1/s1. The molecule has 26 heavy (non-hydrogen) atoms. The number of rotatable bonds is 3. The highest BCUT2D eigenvalue weighted by molar-refractivity contribution is 5.90. The third-order valence-corrected chi connectivity index (χ3v) is 7.44. The molecule has 2 aliphatic heterocycles. The monoisotopic (exact) mass is 358 g/mol. The van der Waals surface area contributed by atoms with E-state index in [1.165, 1.54) is 18.3 Å². The highest BCUT2D eigenvalue weighted by Gasteiger charge is 2.66. The Balaban J connectivity index is 1.86. The number of hydrogen-bond acceptors (Lipinski definition) is 4. The lowest BCUT2D eigenvalue weighted by Gasteiger charge is -2.58. The van der Waals surface area contributed by atoms with Crippen molar-refractivity contribution in [3.05, 3.63) is 34.9 Å². The van der Waals surface area contributed by atoms with Crippen molar-refractivity contribution in [1.29, 1.82) is 0 Å². The van der Waals surface area contributed by atoms with Gasteiger partial charge >= 0.3 is 5.97 Å². The van der Waals surface area contributed by atoms with Gasteiger partial charge in [0, 0.05) is 17.9 Å². The fraction of sp³-hybridized carbons (Fsp3) is 0.682. The quantitative estimate of drug-likeness (QED) is 0.710. The zero-order chi connectivity index (χ0) is 18.9. The minimum Gasteiger partial charge on any atom is -0.466 e. The Morgan fingerprint density at radius 3 is 2.62 bits per heavy atom. The smallest absolute Gasteiger partial charge is 0.336 e. The van der Waals surface area contributed by atoms with Crippen LogP contribution < -0.4 is 0 Å². The molecular formula is C22H30O4. The summed E-state index contributed by atoms with van der Waals surface area (Å²) in [6.07, 6.45) is 9.25. The van der Waals surface area contributed by atoms with Crippen LogP contribution in [0.1, 0.15) is 47.0 Å². The molecule has 0 amide bonds. The first-order chi connectivity index (χ1) is 12.2. The number of carbonyl (C=O) groups excluding carboxylic acids is 1. The van der Waals surface area contributed by atoms with Gasteiger partial charge in [0.25, 0.3) is 0 Å². The van der Waals surface area contributed by atoms with Crippen molar-refractivity contribution in [1.82, 2.24) is 0 Å². The molecule has 0 aromatic heterocycles. The van der Waals surface area contributed by atoms with Crippen LogP contribution in [0.15, 0.2) is 34.9 Å². The molecule has 0 N–H and O–H groups in total. The van der Waals surface area contributed by atoms with Gasteiger partial charge in [-0.1, -0.05) is 45.4 Å². The number of allylic oxidation sites excluding steroid dienone is 4. The maximum Gasteiger partial charge on any atom is 0.336 e. The van der Waals surface area contributed by atoms with E-state index >= 15 is 0 Å². The summed E-state index contributed by atoms with van der Waals surface area (Å²) in [5, 5.41) is 0. The molecular weight excluding hydrogens is 328 g/mol. The summed E-state index contributed by atoms with van der Waals surface area (Å²) >= 11 is 0. The predicted molar refractivity (Wildman–Crippen MR) is 99.3 cm³/mol. The molecule has 0 unspecified atom stereocenters. The largest absolute Gasteiger partial charge is 0.466 e. The maximum absolute atomic E-state index is 12.3. The second-order valence-corrected chi connectivity index (χ2v) is 9.05. The molecule has 2 heterocycles. The van der Waals surface area contributed by atoms with Crippen molar-refractivity contribution in [3.63, 3.8) is 0 Å². The fourth-order valence-corrected chi connectivity index (χ4v) is 5.85. The van der Waals surface area contributed by atoms with Crippen molar-refractivity contribution in [2.75, 3.05) is 14.2 Å². The number of fused-ring (bicyclic) bond motifs is 6. The minimum absolute atomic E-state index is 0.112. The molecule has 4 heteroatoms. The molecule has 0 spiro atoms. The van der Waals surface area contributed by atoms with Crippen LogP contribution in [0.25, 0.3) is 0 Å². The van der Waals surface area contributed by atoms with E-state index in [0.29, 0.717) is 17.4 Å². The average molecular weight is 358 g/mol. The fourth-order valence-electron chi connectivity index (χ4n) is 5.85. The molecule has 2 fully saturated rings. The van der Waals surface area contributed by atoms with Gasteiger partial charge in [0.05, 0.1) is 18.8 Å². The molecule has 0 aromatic rings.